The molecule has 3 aliphatic rings. The Morgan fingerprint density at radius 2 is 1.84 bits per heavy atom. The Morgan fingerprint density at radius 1 is 1.13 bits per heavy atom. The van der Waals surface area contributed by atoms with E-state index in [0.29, 0.717) is 30.4 Å². The standard InChI is InChI=1S/C22H30N4O4S/c23-12-17-5-7-20(8-6-17)31(28,29)11-3-9-25-13-18-15-26(16-19(18)14-25)22(27)24-21-4-1-2-10-30-21/h5-8,18-19,21H,1-4,9-11,13-16H2,(H,24,27). The Balaban J connectivity index is 1.19. The second kappa shape index (κ2) is 9.55. The number of rotatable bonds is 6. The first-order valence-corrected chi connectivity index (χ1v) is 12.7. The van der Waals surface area contributed by atoms with Crippen LogP contribution in [0.4, 0.5) is 4.79 Å². The molecule has 3 aliphatic heterocycles. The van der Waals surface area contributed by atoms with Gasteiger partial charge in [0, 0.05) is 32.8 Å². The number of likely N-dealkylation sites (tertiary alicyclic amines) is 2. The molecule has 9 heteroatoms. The monoisotopic (exact) mass is 446 g/mol. The zero-order valence-corrected chi connectivity index (χ0v) is 18.5. The van der Waals surface area contributed by atoms with Crippen LogP contribution in [0.3, 0.4) is 0 Å². The van der Waals surface area contributed by atoms with Crippen LogP contribution in [-0.4, -0.2) is 75.6 Å². The first kappa shape index (κ1) is 22.1. The number of urea groups is 1. The fourth-order valence-electron chi connectivity index (χ4n) is 4.86. The molecule has 31 heavy (non-hydrogen) atoms. The molecule has 4 rings (SSSR count). The van der Waals surface area contributed by atoms with Crippen LogP contribution in [0.5, 0.6) is 0 Å². The second-order valence-electron chi connectivity index (χ2n) is 8.80. The van der Waals surface area contributed by atoms with E-state index in [1.54, 1.807) is 0 Å². The number of carbonyl (C=O) groups excluding carboxylic acids is 1. The third-order valence-electron chi connectivity index (χ3n) is 6.54. The van der Waals surface area contributed by atoms with Crippen molar-refractivity contribution < 1.29 is 17.9 Å². The number of amides is 2. The molecule has 3 saturated heterocycles. The maximum atomic E-state index is 12.5. The number of hydrogen-bond donors (Lipinski definition) is 1. The van der Waals surface area contributed by atoms with Crippen molar-refractivity contribution >= 4 is 15.9 Å². The molecule has 1 N–H and O–H groups in total. The van der Waals surface area contributed by atoms with Crippen LogP contribution < -0.4 is 5.32 Å². The Labute approximate surface area is 184 Å². The van der Waals surface area contributed by atoms with Crippen molar-refractivity contribution in [2.45, 2.75) is 36.8 Å². The topological polar surface area (TPSA) is 103 Å². The first-order chi connectivity index (χ1) is 14.9. The summed E-state index contributed by atoms with van der Waals surface area (Å²) in [7, 11) is -3.34. The van der Waals surface area contributed by atoms with Gasteiger partial charge in [0.15, 0.2) is 9.84 Å². The maximum absolute atomic E-state index is 12.5. The number of nitrogens with one attached hydrogen (secondary N) is 1. The van der Waals surface area contributed by atoms with Crippen LogP contribution in [0.25, 0.3) is 0 Å². The fourth-order valence-corrected chi connectivity index (χ4v) is 6.15. The average molecular weight is 447 g/mol. The summed E-state index contributed by atoms with van der Waals surface area (Å²) in [6.45, 7) is 4.78. The zero-order chi connectivity index (χ0) is 21.8. The Hall–Kier alpha value is -2.15. The van der Waals surface area contributed by atoms with Gasteiger partial charge in [0.2, 0.25) is 0 Å². The van der Waals surface area contributed by atoms with E-state index in [-0.39, 0.29) is 22.9 Å². The van der Waals surface area contributed by atoms with E-state index in [2.05, 4.69) is 10.2 Å². The van der Waals surface area contributed by atoms with Crippen LogP contribution >= 0.6 is 0 Å². The number of hydrogen-bond acceptors (Lipinski definition) is 6. The Morgan fingerprint density at radius 3 is 2.45 bits per heavy atom. The van der Waals surface area contributed by atoms with E-state index >= 15 is 0 Å². The number of sulfone groups is 1. The quantitative estimate of drug-likeness (QED) is 0.715. The molecule has 8 nitrogen and oxygen atoms in total. The van der Waals surface area contributed by atoms with Gasteiger partial charge in [-0.05, 0) is 68.3 Å². The van der Waals surface area contributed by atoms with Crippen molar-refractivity contribution in [2.24, 2.45) is 11.8 Å². The predicted molar refractivity (Wildman–Crippen MR) is 115 cm³/mol. The van der Waals surface area contributed by atoms with Crippen molar-refractivity contribution in [3.05, 3.63) is 29.8 Å². The van der Waals surface area contributed by atoms with Gasteiger partial charge < -0.3 is 19.9 Å². The van der Waals surface area contributed by atoms with Gasteiger partial charge in [0.1, 0.15) is 6.23 Å². The molecule has 0 radical (unpaired) electrons. The Kier molecular flexibility index (Phi) is 6.80. The van der Waals surface area contributed by atoms with E-state index in [0.717, 1.165) is 52.0 Å². The average Bonchev–Trinajstić information content (AvgIpc) is 3.33. The molecule has 3 fully saturated rings. The van der Waals surface area contributed by atoms with Crippen molar-refractivity contribution in [3.8, 4) is 6.07 Å². The van der Waals surface area contributed by atoms with Crippen molar-refractivity contribution in [1.82, 2.24) is 15.1 Å². The molecular formula is C22H30N4O4S. The lowest BCUT2D eigenvalue weighted by Crippen LogP contribution is -2.46. The molecule has 0 saturated carbocycles. The van der Waals surface area contributed by atoms with Gasteiger partial charge in [0.05, 0.1) is 22.3 Å². The molecule has 1 aromatic rings. The minimum Gasteiger partial charge on any atom is -0.358 e. The summed E-state index contributed by atoms with van der Waals surface area (Å²) in [4.78, 5) is 17.0. The van der Waals surface area contributed by atoms with E-state index < -0.39 is 9.84 Å². The molecule has 1 aromatic carbocycles. The lowest BCUT2D eigenvalue weighted by molar-refractivity contribution is -0.000363. The molecule has 3 atom stereocenters. The number of ether oxygens (including phenoxy) is 1. The van der Waals surface area contributed by atoms with Crippen LogP contribution in [0.15, 0.2) is 29.2 Å². The lowest BCUT2D eigenvalue weighted by Gasteiger charge is -2.27. The van der Waals surface area contributed by atoms with Crippen LogP contribution in [0.2, 0.25) is 0 Å². The third-order valence-corrected chi connectivity index (χ3v) is 8.36. The minimum absolute atomic E-state index is 0.0265. The van der Waals surface area contributed by atoms with Crippen LogP contribution in [-0.2, 0) is 14.6 Å². The number of nitriles is 1. The SMILES string of the molecule is N#Cc1ccc(S(=O)(=O)CCCN2CC3CN(C(=O)NC4CCCCO4)CC3C2)cc1. The fraction of sp³-hybridized carbons (Fsp3) is 0.636. The molecule has 0 spiro atoms. The number of fused-ring (bicyclic) bond motifs is 1. The summed E-state index contributed by atoms with van der Waals surface area (Å²) in [5.74, 6) is 1.00. The maximum Gasteiger partial charge on any atom is 0.319 e. The van der Waals surface area contributed by atoms with E-state index in [1.807, 2.05) is 11.0 Å². The number of benzene rings is 1. The predicted octanol–water partition coefficient (Wildman–Crippen LogP) is 1.82. The molecule has 3 unspecified atom stereocenters. The van der Waals surface area contributed by atoms with Crippen molar-refractivity contribution in [1.29, 1.82) is 5.26 Å². The van der Waals surface area contributed by atoms with Gasteiger partial charge in [-0.2, -0.15) is 5.26 Å². The van der Waals surface area contributed by atoms with Gasteiger partial charge in [0.25, 0.3) is 0 Å². The highest BCUT2D eigenvalue weighted by molar-refractivity contribution is 7.91. The number of carbonyl (C=O) groups is 1. The van der Waals surface area contributed by atoms with Crippen molar-refractivity contribution in [2.75, 3.05) is 45.1 Å². The summed E-state index contributed by atoms with van der Waals surface area (Å²) in [5, 5.41) is 11.8. The summed E-state index contributed by atoms with van der Waals surface area (Å²) >= 11 is 0. The van der Waals surface area contributed by atoms with Gasteiger partial charge >= 0.3 is 6.03 Å². The molecule has 3 heterocycles. The Bertz CT molecular complexity index is 908. The molecule has 168 valence electrons. The highest BCUT2D eigenvalue weighted by atomic mass is 32.2. The molecule has 0 bridgehead atoms. The largest absolute Gasteiger partial charge is 0.358 e. The molecular weight excluding hydrogens is 416 g/mol. The van der Waals surface area contributed by atoms with E-state index in [9.17, 15) is 13.2 Å². The normalized spacial score (nSPS) is 26.4. The summed E-state index contributed by atoms with van der Waals surface area (Å²) in [5.41, 5.74) is 0.455. The summed E-state index contributed by atoms with van der Waals surface area (Å²) in [6, 6.07) is 8.06. The van der Waals surface area contributed by atoms with Gasteiger partial charge in [-0.3, -0.25) is 0 Å². The third kappa shape index (κ3) is 5.37. The first-order valence-electron chi connectivity index (χ1n) is 11.1. The van der Waals surface area contributed by atoms with Gasteiger partial charge in [-0.1, -0.05) is 0 Å². The molecule has 2 amide bonds. The highest BCUT2D eigenvalue weighted by Gasteiger charge is 2.41. The summed E-state index contributed by atoms with van der Waals surface area (Å²) < 4.78 is 30.6. The van der Waals surface area contributed by atoms with Crippen LogP contribution in [0.1, 0.15) is 31.2 Å². The minimum atomic E-state index is -3.34. The second-order valence-corrected chi connectivity index (χ2v) is 10.9. The molecule has 0 aliphatic carbocycles. The van der Waals surface area contributed by atoms with E-state index in [4.69, 9.17) is 10.00 Å². The highest BCUT2D eigenvalue weighted by Crippen LogP contribution is 2.31. The molecule has 0 aromatic heterocycles. The lowest BCUT2D eigenvalue weighted by atomic mass is 10.0. The van der Waals surface area contributed by atoms with Gasteiger partial charge in [-0.15, -0.1) is 0 Å². The van der Waals surface area contributed by atoms with Gasteiger partial charge in [-0.25, -0.2) is 13.2 Å². The smallest absolute Gasteiger partial charge is 0.319 e. The van der Waals surface area contributed by atoms with Crippen LogP contribution in [0, 0.1) is 23.2 Å². The van der Waals surface area contributed by atoms with E-state index in [1.165, 1.54) is 24.3 Å². The summed E-state index contributed by atoms with van der Waals surface area (Å²) in [6.07, 6.45) is 3.45. The number of nitrogens with zero attached hydrogens (tertiary/aromatic N) is 3. The zero-order valence-electron chi connectivity index (χ0n) is 17.7. The van der Waals surface area contributed by atoms with Crippen molar-refractivity contribution in [3.63, 3.8) is 0 Å².